The molecule has 0 bridgehead atoms. The highest BCUT2D eigenvalue weighted by Gasteiger charge is 2.02. The van der Waals surface area contributed by atoms with Crippen LogP contribution in [0.2, 0.25) is 0 Å². The third-order valence-electron chi connectivity index (χ3n) is 1.75. The van der Waals surface area contributed by atoms with Gasteiger partial charge in [0.05, 0.1) is 6.42 Å². The van der Waals surface area contributed by atoms with Crippen LogP contribution in [0.25, 0.3) is 0 Å². The van der Waals surface area contributed by atoms with E-state index in [1.807, 2.05) is 24.3 Å². The molecular formula is C9H7IN2O2. The SMILES string of the molecule is O=c1[nH]nc(Cc2ccc(I)cc2)o1. The molecule has 1 heterocycles. The molecule has 1 aromatic carbocycles. The summed E-state index contributed by atoms with van der Waals surface area (Å²) in [5, 5.41) is 5.95. The average molecular weight is 302 g/mol. The summed E-state index contributed by atoms with van der Waals surface area (Å²) in [6.07, 6.45) is 0.537. The van der Waals surface area contributed by atoms with Crippen molar-refractivity contribution in [2.24, 2.45) is 0 Å². The van der Waals surface area contributed by atoms with Gasteiger partial charge in [-0.05, 0) is 40.3 Å². The molecule has 0 saturated carbocycles. The van der Waals surface area contributed by atoms with Crippen molar-refractivity contribution in [3.8, 4) is 0 Å². The fraction of sp³-hybridized carbons (Fsp3) is 0.111. The lowest BCUT2D eigenvalue weighted by Gasteiger charge is -1.96. The second-order valence-electron chi connectivity index (χ2n) is 2.81. The number of hydrogen-bond donors (Lipinski definition) is 1. The maximum absolute atomic E-state index is 10.6. The molecule has 0 unspecified atom stereocenters. The molecule has 2 rings (SSSR count). The molecule has 0 amide bonds. The van der Waals surface area contributed by atoms with Gasteiger partial charge in [0.2, 0.25) is 5.89 Å². The van der Waals surface area contributed by atoms with Crippen molar-refractivity contribution in [2.45, 2.75) is 6.42 Å². The molecule has 72 valence electrons. The third-order valence-corrected chi connectivity index (χ3v) is 2.47. The molecule has 0 saturated heterocycles. The van der Waals surface area contributed by atoms with Crippen LogP contribution in [0.1, 0.15) is 11.5 Å². The van der Waals surface area contributed by atoms with Gasteiger partial charge in [0.25, 0.3) is 0 Å². The fourth-order valence-electron chi connectivity index (χ4n) is 1.11. The quantitative estimate of drug-likeness (QED) is 0.857. The summed E-state index contributed by atoms with van der Waals surface area (Å²) < 4.78 is 5.97. The fourth-order valence-corrected chi connectivity index (χ4v) is 1.47. The van der Waals surface area contributed by atoms with Gasteiger partial charge in [0, 0.05) is 3.57 Å². The molecule has 2 aromatic rings. The zero-order chi connectivity index (χ0) is 9.97. The highest BCUT2D eigenvalue weighted by atomic mass is 127. The van der Waals surface area contributed by atoms with Gasteiger partial charge in [-0.1, -0.05) is 12.1 Å². The van der Waals surface area contributed by atoms with Gasteiger partial charge in [0.1, 0.15) is 0 Å². The summed E-state index contributed by atoms with van der Waals surface area (Å²) in [6.45, 7) is 0. The van der Waals surface area contributed by atoms with Crippen LogP contribution in [0.4, 0.5) is 0 Å². The Labute approximate surface area is 93.5 Å². The summed E-state index contributed by atoms with van der Waals surface area (Å²) in [7, 11) is 0. The Bertz CT molecular complexity index is 472. The number of nitrogens with zero attached hydrogens (tertiary/aromatic N) is 1. The minimum atomic E-state index is -0.509. The van der Waals surface area contributed by atoms with Crippen LogP contribution in [0.15, 0.2) is 33.5 Å². The number of benzene rings is 1. The summed E-state index contributed by atoms with van der Waals surface area (Å²) in [5.74, 6) is -0.0956. The van der Waals surface area contributed by atoms with Gasteiger partial charge >= 0.3 is 5.76 Å². The maximum Gasteiger partial charge on any atom is 0.434 e. The summed E-state index contributed by atoms with van der Waals surface area (Å²) in [4.78, 5) is 10.6. The highest BCUT2D eigenvalue weighted by Crippen LogP contribution is 2.09. The van der Waals surface area contributed by atoms with Crippen molar-refractivity contribution < 1.29 is 4.42 Å². The van der Waals surface area contributed by atoms with Gasteiger partial charge in [-0.15, -0.1) is 5.10 Å². The average Bonchev–Trinajstić information content (AvgIpc) is 2.56. The molecule has 5 heteroatoms. The zero-order valence-corrected chi connectivity index (χ0v) is 9.32. The Morgan fingerprint density at radius 1 is 1.36 bits per heavy atom. The summed E-state index contributed by atoms with van der Waals surface area (Å²) in [5.41, 5.74) is 1.07. The number of aromatic amines is 1. The molecule has 4 nitrogen and oxygen atoms in total. The molecule has 0 atom stereocenters. The predicted molar refractivity (Wildman–Crippen MR) is 59.1 cm³/mol. The number of aromatic nitrogens is 2. The number of hydrogen-bond acceptors (Lipinski definition) is 3. The minimum Gasteiger partial charge on any atom is -0.392 e. The molecule has 0 aliphatic heterocycles. The van der Waals surface area contributed by atoms with Gasteiger partial charge in [-0.25, -0.2) is 9.89 Å². The topological polar surface area (TPSA) is 58.9 Å². The molecule has 1 N–H and O–H groups in total. The second-order valence-corrected chi connectivity index (χ2v) is 4.06. The predicted octanol–water partition coefficient (Wildman–Crippen LogP) is 1.56. The Morgan fingerprint density at radius 2 is 2.07 bits per heavy atom. The molecular weight excluding hydrogens is 295 g/mol. The van der Waals surface area contributed by atoms with Crippen molar-refractivity contribution in [1.82, 2.24) is 10.2 Å². The van der Waals surface area contributed by atoms with Crippen molar-refractivity contribution in [3.05, 3.63) is 49.8 Å². The first-order valence-corrected chi connectivity index (χ1v) is 5.11. The van der Waals surface area contributed by atoms with E-state index in [0.29, 0.717) is 12.3 Å². The number of H-pyrrole nitrogens is 1. The normalized spacial score (nSPS) is 10.4. The maximum atomic E-state index is 10.6. The lowest BCUT2D eigenvalue weighted by atomic mass is 10.2. The largest absolute Gasteiger partial charge is 0.434 e. The second kappa shape index (κ2) is 3.95. The third kappa shape index (κ3) is 2.22. The first-order valence-electron chi connectivity index (χ1n) is 4.03. The molecule has 0 radical (unpaired) electrons. The summed E-state index contributed by atoms with van der Waals surface area (Å²) in [6, 6.07) is 7.97. The zero-order valence-electron chi connectivity index (χ0n) is 7.16. The highest BCUT2D eigenvalue weighted by molar-refractivity contribution is 14.1. The van der Waals surface area contributed by atoms with Crippen molar-refractivity contribution >= 4 is 22.6 Å². The molecule has 14 heavy (non-hydrogen) atoms. The summed E-state index contributed by atoms with van der Waals surface area (Å²) >= 11 is 2.24. The van der Waals surface area contributed by atoms with E-state index in [2.05, 4.69) is 32.8 Å². The number of halogens is 1. The number of nitrogens with one attached hydrogen (secondary N) is 1. The van der Waals surface area contributed by atoms with Crippen LogP contribution >= 0.6 is 22.6 Å². The van der Waals surface area contributed by atoms with Crippen LogP contribution in [-0.2, 0) is 6.42 Å². The van der Waals surface area contributed by atoms with E-state index in [9.17, 15) is 4.79 Å². The van der Waals surface area contributed by atoms with E-state index in [1.54, 1.807) is 0 Å². The first-order chi connectivity index (χ1) is 6.74. The van der Waals surface area contributed by atoms with Crippen molar-refractivity contribution in [2.75, 3.05) is 0 Å². The van der Waals surface area contributed by atoms with E-state index < -0.39 is 5.76 Å². The first kappa shape index (κ1) is 9.45. The van der Waals surface area contributed by atoms with E-state index in [1.165, 1.54) is 3.57 Å². The number of rotatable bonds is 2. The van der Waals surface area contributed by atoms with Crippen LogP contribution in [0.3, 0.4) is 0 Å². The lowest BCUT2D eigenvalue weighted by Crippen LogP contribution is -1.93. The lowest BCUT2D eigenvalue weighted by molar-refractivity contribution is 0.471. The Kier molecular flexibility index (Phi) is 2.67. The van der Waals surface area contributed by atoms with Gasteiger partial charge in [-0.2, -0.15) is 0 Å². The van der Waals surface area contributed by atoms with Crippen LogP contribution in [0.5, 0.6) is 0 Å². The molecule has 0 spiro atoms. The molecule has 0 fully saturated rings. The van der Waals surface area contributed by atoms with Gasteiger partial charge in [-0.3, -0.25) is 0 Å². The molecule has 0 aliphatic carbocycles. The Balaban J connectivity index is 2.19. The van der Waals surface area contributed by atoms with Crippen molar-refractivity contribution in [1.29, 1.82) is 0 Å². The van der Waals surface area contributed by atoms with Crippen molar-refractivity contribution in [3.63, 3.8) is 0 Å². The van der Waals surface area contributed by atoms with E-state index in [0.717, 1.165) is 5.56 Å². The van der Waals surface area contributed by atoms with Crippen LogP contribution < -0.4 is 5.76 Å². The molecule has 0 aliphatic rings. The van der Waals surface area contributed by atoms with Crippen LogP contribution in [0, 0.1) is 3.57 Å². The smallest absolute Gasteiger partial charge is 0.392 e. The van der Waals surface area contributed by atoms with E-state index in [-0.39, 0.29) is 0 Å². The van der Waals surface area contributed by atoms with E-state index in [4.69, 9.17) is 4.42 Å². The van der Waals surface area contributed by atoms with Gasteiger partial charge < -0.3 is 4.42 Å². The Morgan fingerprint density at radius 3 is 2.64 bits per heavy atom. The van der Waals surface area contributed by atoms with E-state index >= 15 is 0 Å². The standard InChI is InChI=1S/C9H7IN2O2/c10-7-3-1-6(2-4-7)5-8-11-12-9(13)14-8/h1-4H,5H2,(H,12,13). The monoisotopic (exact) mass is 302 g/mol. The van der Waals surface area contributed by atoms with Gasteiger partial charge in [0.15, 0.2) is 0 Å². The van der Waals surface area contributed by atoms with Crippen LogP contribution in [-0.4, -0.2) is 10.2 Å². The molecule has 1 aromatic heterocycles. The Hall–Kier alpha value is -1.11. The minimum absolute atomic E-state index is 0.413.